The molecule has 76 valence electrons. The molecule has 3 heteroatoms. The highest BCUT2D eigenvalue weighted by Crippen LogP contribution is 2.32. The molecular formula is C12H13N3. The van der Waals surface area contributed by atoms with E-state index in [1.54, 1.807) is 0 Å². The van der Waals surface area contributed by atoms with Gasteiger partial charge in [0.2, 0.25) is 0 Å². The average molecular weight is 199 g/mol. The second-order valence-electron chi connectivity index (χ2n) is 3.89. The van der Waals surface area contributed by atoms with E-state index in [1.807, 2.05) is 0 Å². The van der Waals surface area contributed by atoms with Crippen LogP contribution in [0.15, 0.2) is 24.3 Å². The van der Waals surface area contributed by atoms with Crippen molar-refractivity contribution in [3.63, 3.8) is 0 Å². The van der Waals surface area contributed by atoms with Crippen LogP contribution in [-0.2, 0) is 19.4 Å². The number of aromatic amines is 1. The molecule has 0 atom stereocenters. The van der Waals surface area contributed by atoms with Gasteiger partial charge in [-0.05, 0) is 18.4 Å². The number of aryl methyl sites for hydroxylation is 1. The number of benzene rings is 1. The third kappa shape index (κ3) is 1.20. The van der Waals surface area contributed by atoms with Crippen molar-refractivity contribution in [1.82, 2.24) is 10.2 Å². The molecule has 0 saturated heterocycles. The Morgan fingerprint density at radius 2 is 2.13 bits per heavy atom. The predicted octanol–water partition coefficient (Wildman–Crippen LogP) is 1.63. The van der Waals surface area contributed by atoms with Crippen molar-refractivity contribution < 1.29 is 0 Å². The number of fused-ring (bicyclic) bond motifs is 3. The Kier molecular flexibility index (Phi) is 1.86. The van der Waals surface area contributed by atoms with Gasteiger partial charge in [-0.1, -0.05) is 24.3 Å². The fourth-order valence-corrected chi connectivity index (χ4v) is 2.29. The molecule has 0 amide bonds. The van der Waals surface area contributed by atoms with Crippen molar-refractivity contribution in [3.8, 4) is 11.3 Å². The van der Waals surface area contributed by atoms with Crippen LogP contribution in [0.25, 0.3) is 11.3 Å². The molecule has 3 N–H and O–H groups in total. The molecule has 0 unspecified atom stereocenters. The normalized spacial score (nSPS) is 13.4. The largest absolute Gasteiger partial charge is 0.325 e. The van der Waals surface area contributed by atoms with Gasteiger partial charge in [0.05, 0.1) is 11.4 Å². The van der Waals surface area contributed by atoms with Crippen LogP contribution >= 0.6 is 0 Å². The fraction of sp³-hybridized carbons (Fsp3) is 0.250. The molecule has 1 aliphatic carbocycles. The zero-order valence-electron chi connectivity index (χ0n) is 8.46. The lowest BCUT2D eigenvalue weighted by molar-refractivity contribution is 0.896. The molecule has 2 aromatic rings. The maximum Gasteiger partial charge on any atom is 0.0958 e. The molecule has 3 rings (SSSR count). The Hall–Kier alpha value is -1.61. The maximum absolute atomic E-state index is 5.67. The minimum atomic E-state index is 0.546. The lowest BCUT2D eigenvalue weighted by atomic mass is 9.89. The number of rotatable bonds is 1. The first-order valence-corrected chi connectivity index (χ1v) is 5.24. The van der Waals surface area contributed by atoms with Crippen LogP contribution in [0.1, 0.15) is 16.8 Å². The van der Waals surface area contributed by atoms with E-state index in [1.165, 1.54) is 16.7 Å². The molecule has 0 fully saturated rings. The standard InChI is InChI=1S/C12H13N3/c13-7-11-10-6-5-8-3-1-2-4-9(8)12(10)15-14-11/h1-4H,5-7,13H2,(H,14,15). The van der Waals surface area contributed by atoms with Gasteiger partial charge in [-0.25, -0.2) is 0 Å². The summed E-state index contributed by atoms with van der Waals surface area (Å²) in [5, 5.41) is 7.40. The van der Waals surface area contributed by atoms with Crippen molar-refractivity contribution >= 4 is 0 Å². The van der Waals surface area contributed by atoms with Gasteiger partial charge in [0.25, 0.3) is 0 Å². The highest BCUT2D eigenvalue weighted by Gasteiger charge is 2.20. The van der Waals surface area contributed by atoms with Crippen molar-refractivity contribution in [2.45, 2.75) is 19.4 Å². The van der Waals surface area contributed by atoms with Crippen LogP contribution in [0, 0.1) is 0 Å². The first-order chi connectivity index (χ1) is 7.40. The Labute approximate surface area is 88.3 Å². The van der Waals surface area contributed by atoms with Gasteiger partial charge in [0.1, 0.15) is 0 Å². The van der Waals surface area contributed by atoms with Crippen LogP contribution < -0.4 is 5.73 Å². The van der Waals surface area contributed by atoms with Crippen LogP contribution in [0.4, 0.5) is 0 Å². The number of nitrogens with zero attached hydrogens (tertiary/aromatic N) is 1. The summed E-state index contributed by atoms with van der Waals surface area (Å²) in [6.07, 6.45) is 2.14. The second-order valence-corrected chi connectivity index (χ2v) is 3.89. The summed E-state index contributed by atoms with van der Waals surface area (Å²) in [7, 11) is 0. The van der Waals surface area contributed by atoms with E-state index in [0.29, 0.717) is 6.54 Å². The molecule has 15 heavy (non-hydrogen) atoms. The summed E-state index contributed by atoms with van der Waals surface area (Å²) in [6, 6.07) is 8.45. The Balaban J connectivity index is 2.22. The van der Waals surface area contributed by atoms with E-state index in [4.69, 9.17) is 5.73 Å². The zero-order chi connectivity index (χ0) is 10.3. The monoisotopic (exact) mass is 199 g/mol. The summed E-state index contributed by atoms with van der Waals surface area (Å²) in [5.41, 5.74) is 11.8. The number of nitrogens with one attached hydrogen (secondary N) is 1. The van der Waals surface area contributed by atoms with E-state index in [0.717, 1.165) is 24.2 Å². The SMILES string of the molecule is NCc1[nH]nc2c1CCc1ccccc1-2. The molecule has 1 aromatic carbocycles. The van der Waals surface area contributed by atoms with Crippen LogP contribution in [0.2, 0.25) is 0 Å². The van der Waals surface area contributed by atoms with Crippen molar-refractivity contribution in [2.24, 2.45) is 5.73 Å². The number of hydrogen-bond acceptors (Lipinski definition) is 2. The van der Waals surface area contributed by atoms with Crippen LogP contribution in [-0.4, -0.2) is 10.2 Å². The zero-order valence-corrected chi connectivity index (χ0v) is 8.46. The topological polar surface area (TPSA) is 54.7 Å². The molecule has 1 aromatic heterocycles. The summed E-state index contributed by atoms with van der Waals surface area (Å²) in [6.45, 7) is 0.546. The number of H-pyrrole nitrogens is 1. The van der Waals surface area contributed by atoms with E-state index in [9.17, 15) is 0 Å². The van der Waals surface area contributed by atoms with Gasteiger partial charge in [0, 0.05) is 17.7 Å². The minimum absolute atomic E-state index is 0.546. The predicted molar refractivity (Wildman–Crippen MR) is 59.3 cm³/mol. The molecule has 0 spiro atoms. The van der Waals surface area contributed by atoms with Gasteiger partial charge in [-0.2, -0.15) is 5.10 Å². The third-order valence-electron chi connectivity index (χ3n) is 3.07. The molecule has 0 radical (unpaired) electrons. The third-order valence-corrected chi connectivity index (χ3v) is 3.07. The van der Waals surface area contributed by atoms with Crippen LogP contribution in [0.3, 0.4) is 0 Å². The number of nitrogens with two attached hydrogens (primary N) is 1. The summed E-state index contributed by atoms with van der Waals surface area (Å²) >= 11 is 0. The number of hydrogen-bond donors (Lipinski definition) is 2. The molecule has 1 aliphatic rings. The smallest absolute Gasteiger partial charge is 0.0958 e. The number of aromatic nitrogens is 2. The minimum Gasteiger partial charge on any atom is -0.325 e. The van der Waals surface area contributed by atoms with Gasteiger partial charge in [0.15, 0.2) is 0 Å². The van der Waals surface area contributed by atoms with Crippen LogP contribution in [0.5, 0.6) is 0 Å². The Bertz CT molecular complexity index is 499. The van der Waals surface area contributed by atoms with E-state index < -0.39 is 0 Å². The van der Waals surface area contributed by atoms with E-state index in [2.05, 4.69) is 34.5 Å². The van der Waals surface area contributed by atoms with Gasteiger partial charge in [-0.3, -0.25) is 5.10 Å². The van der Waals surface area contributed by atoms with Gasteiger partial charge >= 0.3 is 0 Å². The second kappa shape index (κ2) is 3.21. The fourth-order valence-electron chi connectivity index (χ4n) is 2.29. The van der Waals surface area contributed by atoms with Crippen molar-refractivity contribution in [1.29, 1.82) is 0 Å². The van der Waals surface area contributed by atoms with Gasteiger partial charge < -0.3 is 5.73 Å². The lowest BCUT2D eigenvalue weighted by Crippen LogP contribution is -2.06. The molecule has 3 nitrogen and oxygen atoms in total. The quantitative estimate of drug-likeness (QED) is 0.733. The van der Waals surface area contributed by atoms with Gasteiger partial charge in [-0.15, -0.1) is 0 Å². The first kappa shape index (κ1) is 8.68. The average Bonchev–Trinajstić information content (AvgIpc) is 2.72. The molecule has 0 aliphatic heterocycles. The van der Waals surface area contributed by atoms with E-state index in [-0.39, 0.29) is 0 Å². The highest BCUT2D eigenvalue weighted by atomic mass is 15.1. The van der Waals surface area contributed by atoms with Crippen molar-refractivity contribution in [2.75, 3.05) is 0 Å². The highest BCUT2D eigenvalue weighted by molar-refractivity contribution is 5.70. The molecule has 1 heterocycles. The first-order valence-electron chi connectivity index (χ1n) is 5.24. The molecular weight excluding hydrogens is 186 g/mol. The molecule has 0 bridgehead atoms. The molecule has 0 saturated carbocycles. The lowest BCUT2D eigenvalue weighted by Gasteiger charge is -2.15. The summed E-state index contributed by atoms with van der Waals surface area (Å²) in [4.78, 5) is 0. The Morgan fingerprint density at radius 3 is 3.00 bits per heavy atom. The summed E-state index contributed by atoms with van der Waals surface area (Å²) < 4.78 is 0. The van der Waals surface area contributed by atoms with Crippen molar-refractivity contribution in [3.05, 3.63) is 41.1 Å². The van der Waals surface area contributed by atoms with E-state index >= 15 is 0 Å². The maximum atomic E-state index is 5.67. The summed E-state index contributed by atoms with van der Waals surface area (Å²) in [5.74, 6) is 0. The Morgan fingerprint density at radius 1 is 1.27 bits per heavy atom.